The molecule has 0 bridgehead atoms. The maximum Gasteiger partial charge on any atom is 0.416 e. The number of likely N-dealkylation sites (N-methyl/N-ethyl adjacent to an activating group) is 1. The van der Waals surface area contributed by atoms with Crippen molar-refractivity contribution in [2.45, 2.75) is 68.7 Å². The summed E-state index contributed by atoms with van der Waals surface area (Å²) in [5, 5.41) is 5.93. The van der Waals surface area contributed by atoms with Crippen molar-refractivity contribution in [3.05, 3.63) is 70.5 Å². The monoisotopic (exact) mass is 532 g/mol. The molecule has 1 amide bonds. The van der Waals surface area contributed by atoms with Gasteiger partial charge in [0.1, 0.15) is 5.82 Å². The van der Waals surface area contributed by atoms with Crippen LogP contribution < -0.4 is 10.6 Å². The van der Waals surface area contributed by atoms with Crippen LogP contribution in [0.15, 0.2) is 42.5 Å². The van der Waals surface area contributed by atoms with Crippen molar-refractivity contribution in [1.82, 2.24) is 10.6 Å². The van der Waals surface area contributed by atoms with Gasteiger partial charge in [-0.05, 0) is 80.6 Å². The molecule has 2 N–H and O–H groups in total. The van der Waals surface area contributed by atoms with Gasteiger partial charge in [0, 0.05) is 12.0 Å². The number of hydrogen-bond acceptors (Lipinski definition) is 3. The molecule has 1 saturated heterocycles. The molecule has 1 aliphatic carbocycles. The predicted octanol–water partition coefficient (Wildman–Crippen LogP) is 5.98. The highest BCUT2D eigenvalue weighted by Gasteiger charge is 2.46. The molecule has 2 fully saturated rings. The standard InChI is InChI=1S/C26H27F7N2O2/c1-13(15-9-16(25(28,29)30)11-17(10-15)26(31,32)33)37-22-8-7-19(20-12-21(34-2)24(36)35-20)23(22)14-3-5-18(27)6-4-14/h3-6,9-11,13,19-23,34H,7-8,12H2,1-2H3,(H,35,36)/t13-,19?,20-,21-,22+,23+/m1/s1. The van der Waals surface area contributed by atoms with E-state index in [1.807, 2.05) is 0 Å². The molecule has 0 spiro atoms. The van der Waals surface area contributed by atoms with Gasteiger partial charge in [0.15, 0.2) is 0 Å². The van der Waals surface area contributed by atoms with E-state index in [9.17, 15) is 35.5 Å². The summed E-state index contributed by atoms with van der Waals surface area (Å²) < 4.78 is 99.9. The number of nitrogens with one attached hydrogen (secondary N) is 2. The van der Waals surface area contributed by atoms with Gasteiger partial charge in [0.25, 0.3) is 0 Å². The van der Waals surface area contributed by atoms with Crippen molar-refractivity contribution in [3.8, 4) is 0 Å². The smallest absolute Gasteiger partial charge is 0.370 e. The molecule has 2 aliphatic rings. The third-order valence-electron chi connectivity index (χ3n) is 7.36. The van der Waals surface area contributed by atoms with Crippen LogP contribution >= 0.6 is 0 Å². The predicted molar refractivity (Wildman–Crippen MR) is 121 cm³/mol. The van der Waals surface area contributed by atoms with Gasteiger partial charge < -0.3 is 15.4 Å². The molecule has 0 aromatic heterocycles. The summed E-state index contributed by atoms with van der Waals surface area (Å²) in [7, 11) is 1.68. The number of benzene rings is 2. The zero-order valence-electron chi connectivity index (χ0n) is 20.1. The minimum absolute atomic E-state index is 0.0874. The molecule has 1 heterocycles. The number of hydrogen-bond donors (Lipinski definition) is 2. The van der Waals surface area contributed by atoms with Gasteiger partial charge >= 0.3 is 12.4 Å². The Morgan fingerprint density at radius 3 is 2.08 bits per heavy atom. The maximum absolute atomic E-state index is 13.6. The van der Waals surface area contributed by atoms with E-state index in [2.05, 4.69) is 10.6 Å². The van der Waals surface area contributed by atoms with Crippen molar-refractivity contribution < 1.29 is 40.3 Å². The number of rotatable bonds is 6. The number of alkyl halides is 6. The van der Waals surface area contributed by atoms with Crippen molar-refractivity contribution in [2.75, 3.05) is 7.05 Å². The van der Waals surface area contributed by atoms with Crippen LogP contribution in [0.25, 0.3) is 0 Å². The van der Waals surface area contributed by atoms with E-state index in [1.165, 1.54) is 19.1 Å². The van der Waals surface area contributed by atoms with E-state index in [-0.39, 0.29) is 41.5 Å². The second-order valence-corrected chi connectivity index (χ2v) is 9.67. The SMILES string of the molecule is CN[C@@H]1C[C@H](C2CC[C@H](O[C@H](C)c3cc(C(F)(F)F)cc(C(F)(F)F)c3)[C@H]2c2ccc(F)cc2)NC1=O. The van der Waals surface area contributed by atoms with Crippen LogP contribution in [0.4, 0.5) is 30.7 Å². The summed E-state index contributed by atoms with van der Waals surface area (Å²) in [6.45, 7) is 1.42. The second kappa shape index (κ2) is 10.2. The molecule has 4 rings (SSSR count). The molecule has 2 aromatic carbocycles. The maximum atomic E-state index is 13.6. The zero-order valence-corrected chi connectivity index (χ0v) is 20.1. The normalized spacial score (nSPS) is 27.4. The van der Waals surface area contributed by atoms with E-state index >= 15 is 0 Å². The number of carbonyl (C=O) groups excluding carboxylic acids is 1. The number of carbonyl (C=O) groups is 1. The average Bonchev–Trinajstić information content (AvgIpc) is 3.41. The summed E-state index contributed by atoms with van der Waals surface area (Å²) in [6, 6.07) is 6.62. The van der Waals surface area contributed by atoms with Crippen molar-refractivity contribution >= 4 is 5.91 Å². The molecule has 202 valence electrons. The van der Waals surface area contributed by atoms with Gasteiger partial charge in [-0.2, -0.15) is 26.3 Å². The lowest BCUT2D eigenvalue weighted by Crippen LogP contribution is -2.37. The fourth-order valence-corrected chi connectivity index (χ4v) is 5.53. The number of ether oxygens (including phenoxy) is 1. The fourth-order valence-electron chi connectivity index (χ4n) is 5.53. The summed E-state index contributed by atoms with van der Waals surface area (Å²) in [5.41, 5.74) is -2.32. The van der Waals surface area contributed by atoms with Crippen LogP contribution in [0.3, 0.4) is 0 Å². The first-order valence-electron chi connectivity index (χ1n) is 12.0. The Kier molecular flexibility index (Phi) is 7.58. The van der Waals surface area contributed by atoms with E-state index in [0.717, 1.165) is 5.56 Å². The van der Waals surface area contributed by atoms with Crippen molar-refractivity contribution in [1.29, 1.82) is 0 Å². The molecule has 1 unspecified atom stereocenters. The summed E-state index contributed by atoms with van der Waals surface area (Å²) >= 11 is 0. The third-order valence-corrected chi connectivity index (χ3v) is 7.36. The van der Waals surface area contributed by atoms with E-state index in [1.54, 1.807) is 19.2 Å². The lowest BCUT2D eigenvalue weighted by Gasteiger charge is -2.31. The highest BCUT2D eigenvalue weighted by Crippen LogP contribution is 2.47. The topological polar surface area (TPSA) is 50.4 Å². The van der Waals surface area contributed by atoms with Crippen LogP contribution in [-0.4, -0.2) is 31.1 Å². The van der Waals surface area contributed by atoms with Crippen LogP contribution in [-0.2, 0) is 21.9 Å². The Labute approximate surface area is 209 Å². The highest BCUT2D eigenvalue weighted by atomic mass is 19.4. The Balaban J connectivity index is 1.64. The molecule has 1 saturated carbocycles. The van der Waals surface area contributed by atoms with E-state index in [0.29, 0.717) is 31.4 Å². The van der Waals surface area contributed by atoms with Gasteiger partial charge in [-0.1, -0.05) is 12.1 Å². The lowest BCUT2D eigenvalue weighted by molar-refractivity contribution is -0.143. The van der Waals surface area contributed by atoms with E-state index in [4.69, 9.17) is 4.74 Å². The van der Waals surface area contributed by atoms with Crippen LogP contribution in [0.1, 0.15) is 60.5 Å². The first kappa shape index (κ1) is 27.4. The quantitative estimate of drug-likeness (QED) is 0.450. The molecular formula is C26H27F7N2O2. The Bertz CT molecular complexity index is 1090. The summed E-state index contributed by atoms with van der Waals surface area (Å²) in [6.07, 6.45) is -9.98. The molecule has 37 heavy (non-hydrogen) atoms. The molecule has 4 nitrogen and oxygen atoms in total. The molecular weight excluding hydrogens is 505 g/mol. The third kappa shape index (κ3) is 5.93. The average molecular weight is 533 g/mol. The van der Waals surface area contributed by atoms with Crippen molar-refractivity contribution in [3.63, 3.8) is 0 Å². The number of amides is 1. The molecule has 1 aliphatic heterocycles. The van der Waals surface area contributed by atoms with Crippen molar-refractivity contribution in [2.24, 2.45) is 5.92 Å². The first-order chi connectivity index (χ1) is 17.3. The van der Waals surface area contributed by atoms with Gasteiger partial charge in [-0.25, -0.2) is 4.39 Å². The Morgan fingerprint density at radius 1 is 0.973 bits per heavy atom. The Hall–Kier alpha value is -2.66. The lowest BCUT2D eigenvalue weighted by atomic mass is 9.82. The molecule has 0 radical (unpaired) electrons. The zero-order chi connectivity index (χ0) is 27.1. The van der Waals surface area contributed by atoms with Crippen LogP contribution in [0, 0.1) is 11.7 Å². The largest absolute Gasteiger partial charge is 0.416 e. The number of halogens is 7. The van der Waals surface area contributed by atoms with Gasteiger partial charge in [-0.3, -0.25) is 4.79 Å². The molecule has 11 heteroatoms. The molecule has 6 atom stereocenters. The highest BCUT2D eigenvalue weighted by molar-refractivity contribution is 5.84. The van der Waals surface area contributed by atoms with Gasteiger partial charge in [0.2, 0.25) is 5.91 Å². The second-order valence-electron chi connectivity index (χ2n) is 9.67. The minimum Gasteiger partial charge on any atom is -0.370 e. The van der Waals surface area contributed by atoms with Crippen LogP contribution in [0.5, 0.6) is 0 Å². The summed E-state index contributed by atoms with van der Waals surface area (Å²) in [4.78, 5) is 12.3. The van der Waals surface area contributed by atoms with E-state index < -0.39 is 41.5 Å². The minimum atomic E-state index is -4.96. The van der Waals surface area contributed by atoms with Gasteiger partial charge in [0.05, 0.1) is 29.4 Å². The first-order valence-corrected chi connectivity index (χ1v) is 12.0. The van der Waals surface area contributed by atoms with Crippen LogP contribution in [0.2, 0.25) is 0 Å². The fraction of sp³-hybridized carbons (Fsp3) is 0.500. The Morgan fingerprint density at radius 2 is 1.57 bits per heavy atom. The molecule has 2 aromatic rings. The summed E-state index contributed by atoms with van der Waals surface area (Å²) in [5.74, 6) is -1.06. The van der Waals surface area contributed by atoms with Gasteiger partial charge in [-0.15, -0.1) is 0 Å².